The van der Waals surface area contributed by atoms with Gasteiger partial charge in [-0.3, -0.25) is 0 Å². The number of aliphatic imine (C=N–C) groups is 1. The molecule has 2 atom stereocenters. The summed E-state index contributed by atoms with van der Waals surface area (Å²) in [5.41, 5.74) is 4.42. The number of para-hydroxylation sites is 2. The van der Waals surface area contributed by atoms with Gasteiger partial charge in [0.1, 0.15) is 21.9 Å². The summed E-state index contributed by atoms with van der Waals surface area (Å²) < 4.78 is 11.4. The van der Waals surface area contributed by atoms with Gasteiger partial charge in [-0.15, -0.1) is 0 Å². The summed E-state index contributed by atoms with van der Waals surface area (Å²) in [5, 5.41) is 0.953. The second-order valence-electron chi connectivity index (χ2n) is 6.29. The number of benzene rings is 3. The predicted molar refractivity (Wildman–Crippen MR) is 112 cm³/mol. The standard InChI is InChI=1S/C23H21NO2S/c1-25-20-15-9-8-14-19(20)24-22-18-13-7-6-12-17(18)21(23(26-2)27-22)16-10-4-3-5-11-16/h3-15,21,23H,1-2H3/t21-,23-/m1/s1. The smallest absolute Gasteiger partial charge is 0.144 e. The summed E-state index contributed by atoms with van der Waals surface area (Å²) in [6, 6.07) is 26.8. The van der Waals surface area contributed by atoms with Gasteiger partial charge in [0.25, 0.3) is 0 Å². The van der Waals surface area contributed by atoms with Crippen LogP contribution in [0.25, 0.3) is 0 Å². The average Bonchev–Trinajstić information content (AvgIpc) is 2.74. The Bertz CT molecular complexity index is 955. The van der Waals surface area contributed by atoms with Crippen LogP contribution in [0.5, 0.6) is 5.75 Å². The second kappa shape index (κ2) is 7.99. The van der Waals surface area contributed by atoms with E-state index in [9.17, 15) is 0 Å². The van der Waals surface area contributed by atoms with Crippen molar-refractivity contribution in [3.8, 4) is 5.75 Å². The Morgan fingerprint density at radius 1 is 0.815 bits per heavy atom. The Morgan fingerprint density at radius 2 is 1.52 bits per heavy atom. The third-order valence-electron chi connectivity index (χ3n) is 4.72. The van der Waals surface area contributed by atoms with Gasteiger partial charge in [0.15, 0.2) is 0 Å². The lowest BCUT2D eigenvalue weighted by molar-refractivity contribution is 0.160. The number of hydrogen-bond acceptors (Lipinski definition) is 4. The summed E-state index contributed by atoms with van der Waals surface area (Å²) in [6.45, 7) is 0. The number of rotatable bonds is 4. The molecule has 1 aliphatic rings. The molecule has 0 spiro atoms. The maximum absolute atomic E-state index is 5.89. The highest BCUT2D eigenvalue weighted by molar-refractivity contribution is 8.15. The van der Waals surface area contributed by atoms with Crippen molar-refractivity contribution in [3.05, 3.63) is 95.6 Å². The van der Waals surface area contributed by atoms with E-state index >= 15 is 0 Å². The third kappa shape index (κ3) is 3.51. The van der Waals surface area contributed by atoms with Crippen LogP contribution in [0, 0.1) is 0 Å². The first-order valence-corrected chi connectivity index (χ1v) is 9.75. The Kier molecular flexibility index (Phi) is 5.28. The molecule has 3 nitrogen and oxygen atoms in total. The molecule has 0 N–H and O–H groups in total. The zero-order valence-corrected chi connectivity index (χ0v) is 16.1. The minimum absolute atomic E-state index is 0.0456. The van der Waals surface area contributed by atoms with E-state index in [4.69, 9.17) is 14.5 Å². The molecule has 0 saturated heterocycles. The molecule has 0 bridgehead atoms. The van der Waals surface area contributed by atoms with Gasteiger partial charge in [0.05, 0.1) is 7.11 Å². The van der Waals surface area contributed by atoms with Crippen LogP contribution in [0.2, 0.25) is 0 Å². The van der Waals surface area contributed by atoms with Crippen LogP contribution in [-0.2, 0) is 4.74 Å². The van der Waals surface area contributed by atoms with Gasteiger partial charge >= 0.3 is 0 Å². The molecule has 1 heterocycles. The quantitative estimate of drug-likeness (QED) is 0.592. The van der Waals surface area contributed by atoms with E-state index in [0.29, 0.717) is 0 Å². The lowest BCUT2D eigenvalue weighted by Gasteiger charge is -2.33. The molecule has 0 fully saturated rings. The molecule has 4 heteroatoms. The number of ether oxygens (including phenoxy) is 2. The van der Waals surface area contributed by atoms with Gasteiger partial charge < -0.3 is 9.47 Å². The summed E-state index contributed by atoms with van der Waals surface area (Å²) >= 11 is 1.66. The van der Waals surface area contributed by atoms with Crippen molar-refractivity contribution < 1.29 is 9.47 Å². The third-order valence-corrected chi connectivity index (χ3v) is 5.96. The first kappa shape index (κ1) is 17.8. The van der Waals surface area contributed by atoms with E-state index in [-0.39, 0.29) is 11.4 Å². The van der Waals surface area contributed by atoms with E-state index in [1.807, 2.05) is 30.3 Å². The summed E-state index contributed by atoms with van der Waals surface area (Å²) in [6.07, 6.45) is 0. The molecule has 0 saturated carbocycles. The van der Waals surface area contributed by atoms with Crippen LogP contribution in [0.4, 0.5) is 5.69 Å². The minimum atomic E-state index is -0.0456. The average molecular weight is 375 g/mol. The van der Waals surface area contributed by atoms with Gasteiger partial charge in [-0.1, -0.05) is 78.5 Å². The van der Waals surface area contributed by atoms with E-state index in [1.54, 1.807) is 26.0 Å². The molecule has 0 aliphatic carbocycles. The van der Waals surface area contributed by atoms with E-state index in [1.165, 1.54) is 11.1 Å². The van der Waals surface area contributed by atoms with Crippen molar-refractivity contribution >= 4 is 22.5 Å². The van der Waals surface area contributed by atoms with Crippen LogP contribution in [0.1, 0.15) is 22.6 Å². The van der Waals surface area contributed by atoms with Gasteiger partial charge in [0.2, 0.25) is 0 Å². The molecule has 3 aromatic carbocycles. The normalized spacial score (nSPS) is 20.3. The molecule has 4 rings (SSSR count). The fraction of sp³-hybridized carbons (Fsp3) is 0.174. The van der Waals surface area contributed by atoms with E-state index < -0.39 is 0 Å². The van der Waals surface area contributed by atoms with Crippen molar-refractivity contribution in [1.29, 1.82) is 0 Å². The van der Waals surface area contributed by atoms with Crippen LogP contribution in [-0.4, -0.2) is 24.7 Å². The molecule has 0 aromatic heterocycles. The van der Waals surface area contributed by atoms with Crippen LogP contribution in [0.15, 0.2) is 83.9 Å². The maximum Gasteiger partial charge on any atom is 0.144 e. The molecule has 0 amide bonds. The Morgan fingerprint density at radius 3 is 2.30 bits per heavy atom. The second-order valence-corrected chi connectivity index (χ2v) is 7.37. The first-order valence-electron chi connectivity index (χ1n) is 8.87. The van der Waals surface area contributed by atoms with Gasteiger partial charge in [-0.25, -0.2) is 4.99 Å². The van der Waals surface area contributed by atoms with Crippen molar-refractivity contribution in [2.24, 2.45) is 4.99 Å². The fourth-order valence-corrected chi connectivity index (χ4v) is 4.67. The van der Waals surface area contributed by atoms with E-state index in [2.05, 4.69) is 48.5 Å². The number of methoxy groups -OCH3 is 2. The molecule has 136 valence electrons. The lowest BCUT2D eigenvalue weighted by atomic mass is 9.88. The van der Waals surface area contributed by atoms with Crippen LogP contribution in [0.3, 0.4) is 0 Å². The summed E-state index contributed by atoms with van der Waals surface area (Å²) in [4.78, 5) is 4.93. The highest BCUT2D eigenvalue weighted by Gasteiger charge is 2.34. The number of nitrogens with zero attached hydrogens (tertiary/aromatic N) is 1. The molecule has 0 radical (unpaired) electrons. The van der Waals surface area contributed by atoms with E-state index in [0.717, 1.165) is 22.0 Å². The molecular formula is C23H21NO2S. The SMILES string of the molecule is COc1ccccc1N=C1S[C@@H](OC)[C@H](c2ccccc2)c2ccccc21. The van der Waals surface area contributed by atoms with Gasteiger partial charge in [0, 0.05) is 18.6 Å². The highest BCUT2D eigenvalue weighted by atomic mass is 32.2. The summed E-state index contributed by atoms with van der Waals surface area (Å²) in [5.74, 6) is 0.927. The predicted octanol–water partition coefficient (Wildman–Crippen LogP) is 5.62. The maximum atomic E-state index is 5.89. The van der Waals surface area contributed by atoms with Crippen molar-refractivity contribution in [1.82, 2.24) is 0 Å². The van der Waals surface area contributed by atoms with Crippen molar-refractivity contribution in [2.75, 3.05) is 14.2 Å². The summed E-state index contributed by atoms with van der Waals surface area (Å²) in [7, 11) is 3.44. The Balaban J connectivity index is 1.85. The number of fused-ring (bicyclic) bond motifs is 1. The fourth-order valence-electron chi connectivity index (χ4n) is 3.45. The molecule has 0 unspecified atom stereocenters. The van der Waals surface area contributed by atoms with Crippen molar-refractivity contribution in [2.45, 2.75) is 11.4 Å². The molecule has 27 heavy (non-hydrogen) atoms. The first-order chi connectivity index (χ1) is 13.3. The molecule has 1 aliphatic heterocycles. The van der Waals surface area contributed by atoms with Crippen LogP contribution < -0.4 is 4.74 Å². The minimum Gasteiger partial charge on any atom is -0.494 e. The zero-order valence-electron chi connectivity index (χ0n) is 15.3. The number of thioether (sulfide) groups is 1. The van der Waals surface area contributed by atoms with Crippen molar-refractivity contribution in [3.63, 3.8) is 0 Å². The zero-order chi connectivity index (χ0) is 18.6. The monoisotopic (exact) mass is 375 g/mol. The highest BCUT2D eigenvalue weighted by Crippen LogP contribution is 2.44. The Labute approximate surface area is 164 Å². The largest absolute Gasteiger partial charge is 0.494 e. The lowest BCUT2D eigenvalue weighted by Crippen LogP contribution is -2.27. The number of hydrogen-bond donors (Lipinski definition) is 0. The van der Waals surface area contributed by atoms with Gasteiger partial charge in [-0.05, 0) is 23.3 Å². The topological polar surface area (TPSA) is 30.8 Å². The Hall–Kier alpha value is -2.56. The molecule has 3 aromatic rings. The molecular weight excluding hydrogens is 354 g/mol. The van der Waals surface area contributed by atoms with Gasteiger partial charge in [-0.2, -0.15) is 0 Å². The van der Waals surface area contributed by atoms with Crippen LogP contribution >= 0.6 is 11.8 Å².